The fourth-order valence-electron chi connectivity index (χ4n) is 2.05. The van der Waals surface area contributed by atoms with Crippen molar-refractivity contribution in [3.63, 3.8) is 0 Å². The average molecular weight is 422 g/mol. The van der Waals surface area contributed by atoms with Gasteiger partial charge in [-0.15, -0.1) is 0 Å². The van der Waals surface area contributed by atoms with E-state index in [0.717, 1.165) is 4.47 Å². The first-order valence-corrected chi connectivity index (χ1v) is 8.34. The molecule has 0 atom stereocenters. The van der Waals surface area contributed by atoms with Gasteiger partial charge in [-0.25, -0.2) is 9.82 Å². The Morgan fingerprint density at radius 2 is 1.92 bits per heavy atom. The smallest absolute Gasteiger partial charge is 0.271 e. The molecule has 4 nitrogen and oxygen atoms in total. The lowest BCUT2D eigenvalue weighted by atomic mass is 10.2. The van der Waals surface area contributed by atoms with Gasteiger partial charge in [-0.3, -0.25) is 4.79 Å². The fraction of sp³-hybridized carbons (Fsp3) is 0. The standard InChI is InChI=1S/C18H11BrClFN2O2/c19-13-4-1-11(2-5-13)18(24)23-22-10-14-6-8-17(25-14)12-3-7-16(21)15(20)9-12/h1-10H,(H,23,24)/b22-10+. The molecule has 1 aromatic heterocycles. The Balaban J connectivity index is 1.66. The maximum absolute atomic E-state index is 13.2. The maximum Gasteiger partial charge on any atom is 0.271 e. The lowest BCUT2D eigenvalue weighted by molar-refractivity contribution is 0.0955. The van der Waals surface area contributed by atoms with Crippen LogP contribution in [0.3, 0.4) is 0 Å². The van der Waals surface area contributed by atoms with E-state index in [1.807, 2.05) is 0 Å². The van der Waals surface area contributed by atoms with Crippen molar-refractivity contribution in [1.82, 2.24) is 5.43 Å². The van der Waals surface area contributed by atoms with Crippen LogP contribution in [-0.4, -0.2) is 12.1 Å². The highest BCUT2D eigenvalue weighted by Crippen LogP contribution is 2.26. The number of hydrazone groups is 1. The van der Waals surface area contributed by atoms with E-state index in [2.05, 4.69) is 26.5 Å². The molecule has 0 saturated heterocycles. The quantitative estimate of drug-likeness (QED) is 0.461. The highest BCUT2D eigenvalue weighted by Gasteiger charge is 2.07. The monoisotopic (exact) mass is 420 g/mol. The van der Waals surface area contributed by atoms with Crippen molar-refractivity contribution >= 4 is 39.7 Å². The highest BCUT2D eigenvalue weighted by atomic mass is 79.9. The van der Waals surface area contributed by atoms with Gasteiger partial charge in [-0.2, -0.15) is 5.10 Å². The number of rotatable bonds is 4. The molecule has 3 aromatic rings. The van der Waals surface area contributed by atoms with Gasteiger partial charge >= 0.3 is 0 Å². The van der Waals surface area contributed by atoms with Crippen LogP contribution in [0, 0.1) is 5.82 Å². The normalized spacial score (nSPS) is 11.0. The second-order valence-corrected chi connectivity index (χ2v) is 6.36. The fourth-order valence-corrected chi connectivity index (χ4v) is 2.49. The molecule has 0 saturated carbocycles. The van der Waals surface area contributed by atoms with E-state index in [4.69, 9.17) is 16.0 Å². The number of carbonyl (C=O) groups is 1. The van der Waals surface area contributed by atoms with Gasteiger partial charge in [0.25, 0.3) is 5.91 Å². The summed E-state index contributed by atoms with van der Waals surface area (Å²) in [6.45, 7) is 0. The molecule has 0 fully saturated rings. The van der Waals surface area contributed by atoms with Crippen molar-refractivity contribution in [3.05, 3.63) is 81.2 Å². The van der Waals surface area contributed by atoms with E-state index in [1.165, 1.54) is 18.3 Å². The SMILES string of the molecule is O=C(N/N=C/c1ccc(-c2ccc(F)c(Cl)c2)o1)c1ccc(Br)cc1. The molecule has 1 heterocycles. The van der Waals surface area contributed by atoms with Crippen LogP contribution in [-0.2, 0) is 0 Å². The molecule has 0 aliphatic carbocycles. The first-order valence-electron chi connectivity index (χ1n) is 7.17. The summed E-state index contributed by atoms with van der Waals surface area (Å²) >= 11 is 9.07. The van der Waals surface area contributed by atoms with Gasteiger partial charge < -0.3 is 4.42 Å². The Hall–Kier alpha value is -2.44. The van der Waals surface area contributed by atoms with E-state index >= 15 is 0 Å². The number of furan rings is 1. The van der Waals surface area contributed by atoms with E-state index < -0.39 is 5.82 Å². The van der Waals surface area contributed by atoms with Crippen molar-refractivity contribution in [2.45, 2.75) is 0 Å². The Morgan fingerprint density at radius 3 is 2.64 bits per heavy atom. The van der Waals surface area contributed by atoms with Crippen molar-refractivity contribution in [3.8, 4) is 11.3 Å². The minimum absolute atomic E-state index is 0.0193. The second kappa shape index (κ2) is 7.63. The zero-order valence-corrected chi connectivity index (χ0v) is 15.0. The predicted octanol–water partition coefficient (Wildman–Crippen LogP) is 5.27. The van der Waals surface area contributed by atoms with Gasteiger partial charge in [0.2, 0.25) is 0 Å². The van der Waals surface area contributed by atoms with Crippen LogP contribution in [0.1, 0.15) is 16.1 Å². The Bertz CT molecular complexity index is 939. The maximum atomic E-state index is 13.2. The molecular formula is C18H11BrClFN2O2. The molecule has 0 bridgehead atoms. The molecule has 0 aliphatic rings. The minimum atomic E-state index is -0.491. The van der Waals surface area contributed by atoms with Gasteiger partial charge in [0.15, 0.2) is 0 Å². The Labute approximate surface area is 156 Å². The topological polar surface area (TPSA) is 54.6 Å². The zero-order valence-electron chi connectivity index (χ0n) is 12.7. The molecule has 0 aliphatic heterocycles. The Morgan fingerprint density at radius 1 is 1.16 bits per heavy atom. The molecule has 126 valence electrons. The summed E-state index contributed by atoms with van der Waals surface area (Å²) < 4.78 is 19.7. The average Bonchev–Trinajstić information content (AvgIpc) is 3.07. The van der Waals surface area contributed by atoms with Gasteiger partial charge in [0, 0.05) is 15.6 Å². The van der Waals surface area contributed by atoms with Crippen molar-refractivity contribution in [2.75, 3.05) is 0 Å². The van der Waals surface area contributed by atoms with Gasteiger partial charge in [0.05, 0.1) is 11.2 Å². The first kappa shape index (κ1) is 17.4. The van der Waals surface area contributed by atoms with Crippen LogP contribution in [0.2, 0.25) is 5.02 Å². The predicted molar refractivity (Wildman–Crippen MR) is 98.3 cm³/mol. The third-order valence-corrected chi connectivity index (χ3v) is 4.11. The number of nitrogens with zero attached hydrogens (tertiary/aromatic N) is 1. The summed E-state index contributed by atoms with van der Waals surface area (Å²) in [6, 6.07) is 14.6. The summed E-state index contributed by atoms with van der Waals surface area (Å²) in [4.78, 5) is 11.9. The summed E-state index contributed by atoms with van der Waals surface area (Å²) in [5.74, 6) is 0.129. The second-order valence-electron chi connectivity index (χ2n) is 5.04. The van der Waals surface area contributed by atoms with E-state index in [0.29, 0.717) is 22.6 Å². The third-order valence-electron chi connectivity index (χ3n) is 3.30. The molecule has 0 radical (unpaired) electrons. The largest absolute Gasteiger partial charge is 0.455 e. The van der Waals surface area contributed by atoms with Crippen LogP contribution in [0.5, 0.6) is 0 Å². The van der Waals surface area contributed by atoms with Crippen LogP contribution < -0.4 is 5.43 Å². The molecule has 0 spiro atoms. The van der Waals surface area contributed by atoms with E-state index in [-0.39, 0.29) is 10.9 Å². The number of carbonyl (C=O) groups excluding carboxylic acids is 1. The van der Waals surface area contributed by atoms with Gasteiger partial charge in [0.1, 0.15) is 17.3 Å². The highest BCUT2D eigenvalue weighted by molar-refractivity contribution is 9.10. The van der Waals surface area contributed by atoms with Crippen molar-refractivity contribution < 1.29 is 13.6 Å². The van der Waals surface area contributed by atoms with E-state index in [1.54, 1.807) is 42.5 Å². The molecule has 1 N–H and O–H groups in total. The summed E-state index contributed by atoms with van der Waals surface area (Å²) in [5, 5.41) is 3.88. The lowest BCUT2D eigenvalue weighted by Gasteiger charge is -1.99. The number of benzene rings is 2. The van der Waals surface area contributed by atoms with E-state index in [9.17, 15) is 9.18 Å². The minimum Gasteiger partial charge on any atom is -0.455 e. The van der Waals surface area contributed by atoms with Gasteiger partial charge in [-0.05, 0) is 54.6 Å². The lowest BCUT2D eigenvalue weighted by Crippen LogP contribution is -2.17. The number of nitrogens with one attached hydrogen (secondary N) is 1. The number of hydrogen-bond donors (Lipinski definition) is 1. The van der Waals surface area contributed by atoms with Crippen LogP contribution in [0.4, 0.5) is 4.39 Å². The molecule has 7 heteroatoms. The molecule has 3 rings (SSSR count). The molecule has 25 heavy (non-hydrogen) atoms. The van der Waals surface area contributed by atoms with Crippen LogP contribution in [0.25, 0.3) is 11.3 Å². The molecular weight excluding hydrogens is 411 g/mol. The summed E-state index contributed by atoms with van der Waals surface area (Å²) in [6.07, 6.45) is 1.38. The van der Waals surface area contributed by atoms with Crippen molar-refractivity contribution in [2.24, 2.45) is 5.10 Å². The Kier molecular flexibility index (Phi) is 5.31. The number of hydrogen-bond acceptors (Lipinski definition) is 3. The van der Waals surface area contributed by atoms with Gasteiger partial charge in [-0.1, -0.05) is 27.5 Å². The summed E-state index contributed by atoms with van der Waals surface area (Å²) in [5.41, 5.74) is 3.55. The number of halogens is 3. The molecule has 0 unspecified atom stereocenters. The zero-order chi connectivity index (χ0) is 17.8. The van der Waals surface area contributed by atoms with Crippen molar-refractivity contribution in [1.29, 1.82) is 0 Å². The van der Waals surface area contributed by atoms with Crippen LogP contribution >= 0.6 is 27.5 Å². The number of amides is 1. The molecule has 1 amide bonds. The summed E-state index contributed by atoms with van der Waals surface area (Å²) in [7, 11) is 0. The molecule has 2 aromatic carbocycles. The first-order chi connectivity index (χ1) is 12.0. The third kappa shape index (κ3) is 4.35. The van der Waals surface area contributed by atoms with Crippen LogP contribution in [0.15, 0.2) is 68.6 Å².